The summed E-state index contributed by atoms with van der Waals surface area (Å²) in [6.45, 7) is 0.731. The number of fused-ring (bicyclic) bond motifs is 1. The highest BCUT2D eigenvalue weighted by atomic mass is 19.1. The van der Waals surface area contributed by atoms with Gasteiger partial charge in [-0.15, -0.1) is 0 Å². The number of rotatable bonds is 4. The van der Waals surface area contributed by atoms with Crippen LogP contribution in [0.3, 0.4) is 0 Å². The first-order valence-electron chi connectivity index (χ1n) is 10.4. The number of aromatic nitrogens is 3. The van der Waals surface area contributed by atoms with E-state index in [1.165, 1.54) is 16.8 Å². The van der Waals surface area contributed by atoms with E-state index in [9.17, 15) is 23.8 Å². The summed E-state index contributed by atoms with van der Waals surface area (Å²) in [6, 6.07) is 4.81. The van der Waals surface area contributed by atoms with Crippen LogP contribution in [0.4, 0.5) is 20.3 Å². The van der Waals surface area contributed by atoms with Crippen molar-refractivity contribution in [3.8, 4) is 0 Å². The predicted octanol–water partition coefficient (Wildman–Crippen LogP) is 1.19. The van der Waals surface area contributed by atoms with Crippen LogP contribution in [0, 0.1) is 17.6 Å². The fourth-order valence-electron chi connectivity index (χ4n) is 4.48. The average Bonchev–Trinajstić information content (AvgIpc) is 3.49. The standard InChI is InChI=1S/C21H22F2N6O3/c22-11-3-4-13(23)12(8-11)15-2-1-6-28(15)17-5-7-29-19(27-17)14(9-25-29)26-21(32)18-16(30)10-24-20(18)31/h3-5,7-9,15-16,18,20,24,30-31H,1-2,6,10H2,(H,26,32)/t15?,16-,18+,20?/m0/s1. The van der Waals surface area contributed by atoms with E-state index < -0.39 is 35.8 Å². The minimum absolute atomic E-state index is 0.114. The number of benzene rings is 1. The van der Waals surface area contributed by atoms with Gasteiger partial charge in [0.1, 0.15) is 35.3 Å². The molecule has 0 bridgehead atoms. The van der Waals surface area contributed by atoms with Crippen LogP contribution in [0.15, 0.2) is 36.7 Å². The summed E-state index contributed by atoms with van der Waals surface area (Å²) in [7, 11) is 0. The van der Waals surface area contributed by atoms with Gasteiger partial charge in [-0.2, -0.15) is 5.10 Å². The molecule has 11 heteroatoms. The lowest BCUT2D eigenvalue weighted by atomic mass is 10.0. The molecule has 2 aliphatic heterocycles. The number of anilines is 2. The van der Waals surface area contributed by atoms with Gasteiger partial charge in [-0.3, -0.25) is 10.1 Å². The third kappa shape index (κ3) is 3.57. The fourth-order valence-corrected chi connectivity index (χ4v) is 4.48. The number of nitrogens with zero attached hydrogens (tertiary/aromatic N) is 4. The Balaban J connectivity index is 1.44. The molecular weight excluding hydrogens is 422 g/mol. The Morgan fingerprint density at radius 3 is 2.88 bits per heavy atom. The quantitative estimate of drug-likeness (QED) is 0.478. The minimum atomic E-state index is -1.15. The van der Waals surface area contributed by atoms with Gasteiger partial charge in [0, 0.05) is 24.8 Å². The third-order valence-corrected chi connectivity index (χ3v) is 6.07. The van der Waals surface area contributed by atoms with Crippen molar-refractivity contribution in [1.29, 1.82) is 0 Å². The zero-order valence-electron chi connectivity index (χ0n) is 16.9. The van der Waals surface area contributed by atoms with E-state index in [2.05, 4.69) is 20.7 Å². The van der Waals surface area contributed by atoms with Crippen LogP contribution >= 0.6 is 0 Å². The van der Waals surface area contributed by atoms with Crippen LogP contribution in [0.5, 0.6) is 0 Å². The lowest BCUT2D eigenvalue weighted by Gasteiger charge is -2.26. The second-order valence-electron chi connectivity index (χ2n) is 8.06. The number of hydrogen-bond donors (Lipinski definition) is 4. The summed E-state index contributed by atoms with van der Waals surface area (Å²) in [6.07, 6.45) is 2.38. The molecule has 4 atom stereocenters. The summed E-state index contributed by atoms with van der Waals surface area (Å²) in [5.74, 6) is -2.00. The molecule has 2 aromatic heterocycles. The minimum Gasteiger partial charge on any atom is -0.391 e. The molecule has 0 saturated carbocycles. The van der Waals surface area contributed by atoms with Gasteiger partial charge in [0.15, 0.2) is 5.65 Å². The van der Waals surface area contributed by atoms with Crippen LogP contribution in [-0.2, 0) is 4.79 Å². The Morgan fingerprint density at radius 2 is 2.09 bits per heavy atom. The first kappa shape index (κ1) is 20.7. The van der Waals surface area contributed by atoms with Gasteiger partial charge >= 0.3 is 0 Å². The van der Waals surface area contributed by atoms with Crippen molar-refractivity contribution in [3.05, 3.63) is 53.9 Å². The Kier molecular flexibility index (Phi) is 5.24. The van der Waals surface area contributed by atoms with Crippen molar-refractivity contribution < 1.29 is 23.8 Å². The monoisotopic (exact) mass is 444 g/mol. The molecule has 0 spiro atoms. The number of halogens is 2. The highest BCUT2D eigenvalue weighted by Crippen LogP contribution is 2.37. The summed E-state index contributed by atoms with van der Waals surface area (Å²) in [5.41, 5.74) is 0.954. The van der Waals surface area contributed by atoms with E-state index >= 15 is 0 Å². The first-order valence-corrected chi connectivity index (χ1v) is 10.4. The molecule has 32 heavy (non-hydrogen) atoms. The molecule has 2 aliphatic rings. The van der Waals surface area contributed by atoms with Crippen LogP contribution in [-0.4, -0.2) is 56.1 Å². The highest BCUT2D eigenvalue weighted by Gasteiger charge is 2.39. The molecule has 2 fully saturated rings. The van der Waals surface area contributed by atoms with Gasteiger partial charge in [-0.25, -0.2) is 18.3 Å². The van der Waals surface area contributed by atoms with Crippen molar-refractivity contribution in [1.82, 2.24) is 19.9 Å². The molecule has 0 radical (unpaired) electrons. The number of aliphatic hydroxyl groups excluding tert-OH is 2. The largest absolute Gasteiger partial charge is 0.391 e. The molecule has 1 amide bonds. The first-order chi connectivity index (χ1) is 15.4. The molecular formula is C21H22F2N6O3. The number of amides is 1. The second kappa shape index (κ2) is 8.08. The Bertz CT molecular complexity index is 1160. The maximum absolute atomic E-state index is 14.4. The number of nitrogens with one attached hydrogen (secondary N) is 2. The van der Waals surface area contributed by atoms with Crippen LogP contribution in [0.2, 0.25) is 0 Å². The van der Waals surface area contributed by atoms with Crippen molar-refractivity contribution in [2.45, 2.75) is 31.2 Å². The van der Waals surface area contributed by atoms with Gasteiger partial charge < -0.3 is 20.4 Å². The summed E-state index contributed by atoms with van der Waals surface area (Å²) in [5, 5.41) is 29.3. The van der Waals surface area contributed by atoms with E-state index in [0.717, 1.165) is 18.6 Å². The van der Waals surface area contributed by atoms with Crippen molar-refractivity contribution in [3.63, 3.8) is 0 Å². The Labute approximate surface area is 181 Å². The zero-order chi connectivity index (χ0) is 22.4. The molecule has 168 valence electrons. The molecule has 2 saturated heterocycles. The van der Waals surface area contributed by atoms with E-state index in [0.29, 0.717) is 30.1 Å². The summed E-state index contributed by atoms with van der Waals surface area (Å²) in [4.78, 5) is 19.1. The van der Waals surface area contributed by atoms with E-state index in [1.807, 2.05) is 4.90 Å². The van der Waals surface area contributed by atoms with E-state index in [4.69, 9.17) is 0 Å². The lowest BCUT2D eigenvalue weighted by molar-refractivity contribution is -0.125. The normalized spacial score (nSPS) is 25.6. The van der Waals surface area contributed by atoms with E-state index in [-0.39, 0.29) is 18.2 Å². The fraction of sp³-hybridized carbons (Fsp3) is 0.381. The molecule has 4 heterocycles. The Hall–Kier alpha value is -3.15. The third-order valence-electron chi connectivity index (χ3n) is 6.07. The Morgan fingerprint density at radius 1 is 1.25 bits per heavy atom. The van der Waals surface area contributed by atoms with Gasteiger partial charge in [-0.1, -0.05) is 0 Å². The summed E-state index contributed by atoms with van der Waals surface area (Å²) < 4.78 is 29.7. The molecule has 5 rings (SSSR count). The smallest absolute Gasteiger partial charge is 0.234 e. The van der Waals surface area contributed by atoms with Crippen LogP contribution in [0.25, 0.3) is 5.65 Å². The highest BCUT2D eigenvalue weighted by molar-refractivity contribution is 5.96. The number of hydrogen-bond acceptors (Lipinski definition) is 7. The van der Waals surface area contributed by atoms with Gasteiger partial charge in [-0.05, 0) is 37.1 Å². The molecule has 3 aromatic rings. The molecule has 0 aliphatic carbocycles. The van der Waals surface area contributed by atoms with Crippen LogP contribution < -0.4 is 15.5 Å². The van der Waals surface area contributed by atoms with Gasteiger partial charge in [0.2, 0.25) is 5.91 Å². The van der Waals surface area contributed by atoms with Gasteiger partial charge in [0.25, 0.3) is 0 Å². The number of β-amino-alcohol motifs (C(OH)–C–C–N with tert-alkyl or cyclic N) is 1. The number of aliphatic hydroxyl groups is 2. The molecule has 4 N–H and O–H groups in total. The number of carbonyl (C=O) groups excluding carboxylic acids is 1. The average molecular weight is 444 g/mol. The predicted molar refractivity (Wildman–Crippen MR) is 111 cm³/mol. The topological polar surface area (TPSA) is 115 Å². The van der Waals surface area contributed by atoms with Gasteiger partial charge in [0.05, 0.1) is 18.3 Å². The van der Waals surface area contributed by atoms with Crippen molar-refractivity contribution >= 4 is 23.1 Å². The molecule has 2 unspecified atom stereocenters. The maximum Gasteiger partial charge on any atom is 0.234 e. The van der Waals surface area contributed by atoms with Crippen molar-refractivity contribution in [2.24, 2.45) is 5.92 Å². The van der Waals surface area contributed by atoms with Crippen molar-refractivity contribution in [2.75, 3.05) is 23.3 Å². The SMILES string of the molecule is O=C(Nc1cnn2ccc(N3CCCC3c3cc(F)ccc3F)nc12)[C@H]1C(O)NC[C@@H]1O. The maximum atomic E-state index is 14.4. The molecule has 1 aromatic carbocycles. The second-order valence-corrected chi connectivity index (χ2v) is 8.06. The summed E-state index contributed by atoms with van der Waals surface area (Å²) >= 11 is 0. The van der Waals surface area contributed by atoms with Crippen LogP contribution in [0.1, 0.15) is 24.4 Å². The molecule has 9 nitrogen and oxygen atoms in total. The lowest BCUT2D eigenvalue weighted by Crippen LogP contribution is -2.37. The van der Waals surface area contributed by atoms with E-state index in [1.54, 1.807) is 12.3 Å². The number of carbonyl (C=O) groups is 1. The zero-order valence-corrected chi connectivity index (χ0v) is 16.9.